The van der Waals surface area contributed by atoms with Crippen LogP contribution in [0.2, 0.25) is 0 Å². The fraction of sp³-hybridized carbons (Fsp3) is 0.167. The first-order valence-electron chi connectivity index (χ1n) is 11.1. The summed E-state index contributed by atoms with van der Waals surface area (Å²) in [5.41, 5.74) is 1.74. The summed E-state index contributed by atoms with van der Waals surface area (Å²) in [5, 5.41) is 43.6. The van der Waals surface area contributed by atoms with Gasteiger partial charge < -0.3 is 31.3 Å². The number of rotatable bonds is 9. The Kier molecular flexibility index (Phi) is 7.53. The lowest BCUT2D eigenvalue weighted by Crippen LogP contribution is -2.48. The van der Waals surface area contributed by atoms with E-state index in [0.29, 0.717) is 0 Å². The summed E-state index contributed by atoms with van der Waals surface area (Å²) in [7, 11) is 0. The fourth-order valence-electron chi connectivity index (χ4n) is 3.63. The van der Waals surface area contributed by atoms with Crippen molar-refractivity contribution in [1.82, 2.24) is 25.8 Å². The number of carboxylic acid groups (broad SMARTS) is 1. The zero-order valence-corrected chi connectivity index (χ0v) is 20.6. The highest BCUT2D eigenvalue weighted by Gasteiger charge is 2.25. The minimum Gasteiger partial charge on any atom is -0.508 e. The van der Waals surface area contributed by atoms with E-state index in [-0.39, 0.29) is 45.1 Å². The number of phenols is 2. The van der Waals surface area contributed by atoms with Crippen molar-refractivity contribution in [2.24, 2.45) is 0 Å². The van der Waals surface area contributed by atoms with Gasteiger partial charge >= 0.3 is 5.97 Å². The first-order chi connectivity index (χ1) is 18.1. The van der Waals surface area contributed by atoms with E-state index in [1.807, 2.05) is 6.07 Å². The van der Waals surface area contributed by atoms with Crippen LogP contribution in [-0.2, 0) is 16.0 Å². The normalized spacial score (nSPS) is 11.6. The predicted molar refractivity (Wildman–Crippen MR) is 136 cm³/mol. The molecule has 0 saturated carbocycles. The van der Waals surface area contributed by atoms with E-state index in [2.05, 4.69) is 31.1 Å². The van der Waals surface area contributed by atoms with Gasteiger partial charge in [-0.3, -0.25) is 19.5 Å². The van der Waals surface area contributed by atoms with Crippen molar-refractivity contribution in [2.45, 2.75) is 19.4 Å². The van der Waals surface area contributed by atoms with E-state index < -0.39 is 30.4 Å². The maximum absolute atomic E-state index is 12.8. The lowest BCUT2D eigenvalue weighted by atomic mass is 10.1. The third-order valence-electron chi connectivity index (χ3n) is 5.41. The number of nitrogens with one attached hydrogen (secondary N) is 4. The van der Waals surface area contributed by atoms with Crippen molar-refractivity contribution in [1.29, 1.82) is 0 Å². The Morgan fingerprint density at radius 2 is 1.82 bits per heavy atom. The highest BCUT2D eigenvalue weighted by Crippen LogP contribution is 2.24. The lowest BCUT2D eigenvalue weighted by Gasteiger charge is -2.15. The molecule has 7 N–H and O–H groups in total. The summed E-state index contributed by atoms with van der Waals surface area (Å²) in [6.45, 7) is 1.07. The van der Waals surface area contributed by atoms with Crippen LogP contribution in [0.4, 0.5) is 5.13 Å². The number of aryl methyl sites for hydroxylation is 1. The molecule has 4 aromatic rings. The Labute approximate surface area is 218 Å². The second-order valence-electron chi connectivity index (χ2n) is 8.22. The Hall–Kier alpha value is -4.98. The number of thiazole rings is 1. The van der Waals surface area contributed by atoms with E-state index in [0.717, 1.165) is 46.0 Å². The molecule has 0 saturated heterocycles. The number of H-pyrrole nitrogens is 1. The minimum absolute atomic E-state index is 0.0504. The van der Waals surface area contributed by atoms with Crippen molar-refractivity contribution < 1.29 is 34.5 Å². The van der Waals surface area contributed by atoms with Gasteiger partial charge in [-0.25, -0.2) is 9.78 Å². The number of phenolic OH excluding ortho intramolecular Hbond substituents is 2. The van der Waals surface area contributed by atoms with Gasteiger partial charge in [-0.1, -0.05) is 23.5 Å². The molecule has 0 radical (unpaired) electrons. The molecule has 0 fully saturated rings. The van der Waals surface area contributed by atoms with E-state index >= 15 is 0 Å². The van der Waals surface area contributed by atoms with Crippen molar-refractivity contribution in [3.8, 4) is 11.5 Å². The van der Waals surface area contributed by atoms with Gasteiger partial charge in [0.2, 0.25) is 5.91 Å². The van der Waals surface area contributed by atoms with Crippen molar-refractivity contribution in [3.05, 3.63) is 64.3 Å². The molecule has 4 rings (SSSR count). The van der Waals surface area contributed by atoms with Crippen LogP contribution in [0.1, 0.15) is 31.3 Å². The monoisotopic (exact) mass is 538 g/mol. The molecule has 2 heterocycles. The minimum atomic E-state index is -1.49. The average molecular weight is 539 g/mol. The number of carbonyl (C=O) groups is 4. The first-order valence-corrected chi connectivity index (χ1v) is 12.0. The van der Waals surface area contributed by atoms with Gasteiger partial charge in [0, 0.05) is 23.6 Å². The molecule has 2 aromatic heterocycles. The smallest absolute Gasteiger partial charge is 0.328 e. The van der Waals surface area contributed by atoms with Gasteiger partial charge in [-0.05, 0) is 30.7 Å². The Bertz CT molecular complexity index is 1530. The Morgan fingerprint density at radius 3 is 2.53 bits per heavy atom. The maximum atomic E-state index is 12.8. The summed E-state index contributed by atoms with van der Waals surface area (Å²) >= 11 is 0.880. The van der Waals surface area contributed by atoms with Gasteiger partial charge in [0.25, 0.3) is 11.8 Å². The summed E-state index contributed by atoms with van der Waals surface area (Å²) in [5.74, 6) is -3.96. The second kappa shape index (κ2) is 11.0. The van der Waals surface area contributed by atoms with Gasteiger partial charge in [0.15, 0.2) is 5.13 Å². The second-order valence-corrected chi connectivity index (χ2v) is 9.22. The van der Waals surface area contributed by atoms with Gasteiger partial charge in [0.1, 0.15) is 22.4 Å². The molecule has 2 aromatic carbocycles. The SMILES string of the molecule is Cc1nc(NC(=O)Cc2cccc3[nH]ncc23)sc1C(=O)NC(CNC(=O)c1cc(O)cc(O)c1)C(=O)O. The maximum Gasteiger partial charge on any atom is 0.328 e. The van der Waals surface area contributed by atoms with Gasteiger partial charge in [-0.2, -0.15) is 5.10 Å². The first kappa shape index (κ1) is 26.1. The molecule has 1 unspecified atom stereocenters. The van der Waals surface area contributed by atoms with Crippen LogP contribution in [0.15, 0.2) is 42.6 Å². The number of fused-ring (bicyclic) bond motifs is 1. The molecule has 38 heavy (non-hydrogen) atoms. The summed E-state index contributed by atoms with van der Waals surface area (Å²) < 4.78 is 0. The Balaban J connectivity index is 1.38. The molecular weight excluding hydrogens is 516 g/mol. The molecular formula is C24H22N6O7S. The number of hydrogen-bond donors (Lipinski definition) is 7. The zero-order chi connectivity index (χ0) is 27.4. The van der Waals surface area contributed by atoms with Gasteiger partial charge in [0.05, 0.1) is 23.8 Å². The number of amides is 3. The number of aromatic nitrogens is 3. The molecule has 0 aliphatic rings. The number of anilines is 1. The Morgan fingerprint density at radius 1 is 1.08 bits per heavy atom. The largest absolute Gasteiger partial charge is 0.508 e. The number of hydrogen-bond acceptors (Lipinski definition) is 9. The molecule has 1 atom stereocenters. The molecule has 14 heteroatoms. The third kappa shape index (κ3) is 6.04. The number of carbonyl (C=O) groups excluding carboxylic acids is 3. The lowest BCUT2D eigenvalue weighted by molar-refractivity contribution is -0.139. The molecule has 0 aliphatic heterocycles. The summed E-state index contributed by atoms with van der Waals surface area (Å²) in [6, 6.07) is 7.17. The highest BCUT2D eigenvalue weighted by molar-refractivity contribution is 7.17. The van der Waals surface area contributed by atoms with E-state index in [4.69, 9.17) is 0 Å². The topological polar surface area (TPSA) is 207 Å². The van der Waals surface area contributed by atoms with Crippen LogP contribution in [-0.4, -0.2) is 66.8 Å². The molecule has 0 bridgehead atoms. The fourth-order valence-corrected chi connectivity index (χ4v) is 4.51. The number of aromatic hydroxyl groups is 2. The molecule has 0 aliphatic carbocycles. The molecule has 3 amide bonds. The predicted octanol–water partition coefficient (Wildman–Crippen LogP) is 1.53. The van der Waals surface area contributed by atoms with Crippen LogP contribution in [0.3, 0.4) is 0 Å². The number of benzene rings is 2. The molecule has 0 spiro atoms. The van der Waals surface area contributed by atoms with E-state index in [1.165, 1.54) is 0 Å². The van der Waals surface area contributed by atoms with Crippen LogP contribution in [0.5, 0.6) is 11.5 Å². The molecule has 13 nitrogen and oxygen atoms in total. The molecule has 196 valence electrons. The van der Waals surface area contributed by atoms with E-state index in [1.54, 1.807) is 25.3 Å². The van der Waals surface area contributed by atoms with Crippen LogP contribution < -0.4 is 16.0 Å². The summed E-state index contributed by atoms with van der Waals surface area (Å²) in [6.07, 6.45) is 1.68. The van der Waals surface area contributed by atoms with Crippen molar-refractivity contribution in [2.75, 3.05) is 11.9 Å². The van der Waals surface area contributed by atoms with E-state index in [9.17, 15) is 34.5 Å². The number of aromatic amines is 1. The number of aliphatic carboxylic acids is 1. The van der Waals surface area contributed by atoms with Gasteiger partial charge in [-0.15, -0.1) is 0 Å². The van der Waals surface area contributed by atoms with Crippen molar-refractivity contribution in [3.63, 3.8) is 0 Å². The standard InChI is InChI=1S/C24H22N6O7S/c1-11-20(38-24(27-11)29-19(33)7-12-3-2-4-17-16(12)9-26-30-17)22(35)28-18(23(36)37)10-25-21(34)13-5-14(31)8-15(32)6-13/h2-6,8-9,18,31-32H,7,10H2,1H3,(H,25,34)(H,26,30)(H,28,35)(H,36,37)(H,27,29,33). The van der Waals surface area contributed by atoms with Crippen LogP contribution >= 0.6 is 11.3 Å². The number of nitrogens with zero attached hydrogens (tertiary/aromatic N) is 2. The van der Waals surface area contributed by atoms with Crippen LogP contribution in [0.25, 0.3) is 10.9 Å². The average Bonchev–Trinajstić information content (AvgIpc) is 3.47. The quantitative estimate of drug-likeness (QED) is 0.165. The summed E-state index contributed by atoms with van der Waals surface area (Å²) in [4.78, 5) is 53.6. The third-order valence-corrected chi connectivity index (χ3v) is 6.48. The number of carboxylic acids is 1. The zero-order valence-electron chi connectivity index (χ0n) is 19.8. The highest BCUT2D eigenvalue weighted by atomic mass is 32.1. The van der Waals surface area contributed by atoms with Crippen molar-refractivity contribution >= 4 is 51.1 Å². The van der Waals surface area contributed by atoms with Crippen LogP contribution in [0, 0.1) is 6.92 Å².